The fraction of sp³-hybridized carbons (Fsp3) is 0.500. The number of methoxy groups -OCH3 is 2. The van der Waals surface area contributed by atoms with Crippen LogP contribution in [0.4, 0.5) is 0 Å². The molecule has 0 saturated heterocycles. The summed E-state index contributed by atoms with van der Waals surface area (Å²) in [5.74, 6) is 0.123. The van der Waals surface area contributed by atoms with Crippen LogP contribution < -0.4 is 9.47 Å². The number of carboxylic acids is 1. The Kier molecular flexibility index (Phi) is 5.63. The molecule has 0 spiro atoms. The molecule has 19 heavy (non-hydrogen) atoms. The second-order valence-corrected chi connectivity index (χ2v) is 4.04. The molecule has 0 saturated carbocycles. The van der Waals surface area contributed by atoms with Gasteiger partial charge in [-0.05, 0) is 19.2 Å². The third kappa shape index (κ3) is 3.17. The van der Waals surface area contributed by atoms with Crippen molar-refractivity contribution < 1.29 is 19.4 Å². The van der Waals surface area contributed by atoms with Crippen LogP contribution in [0.1, 0.15) is 25.5 Å². The number of carboxylic acid groups (broad SMARTS) is 1. The number of likely N-dealkylation sites (N-methyl/N-ethyl adjacent to an activating group) is 1. The Bertz CT molecular complexity index is 429. The van der Waals surface area contributed by atoms with Gasteiger partial charge < -0.3 is 14.6 Å². The zero-order valence-corrected chi connectivity index (χ0v) is 11.8. The van der Waals surface area contributed by atoms with Crippen LogP contribution in [0.25, 0.3) is 0 Å². The number of rotatable bonds is 7. The summed E-state index contributed by atoms with van der Waals surface area (Å²) in [5, 5.41) is 9.50. The molecule has 0 radical (unpaired) electrons. The lowest BCUT2D eigenvalue weighted by Gasteiger charge is -2.28. The van der Waals surface area contributed by atoms with E-state index in [4.69, 9.17) is 9.47 Å². The van der Waals surface area contributed by atoms with E-state index < -0.39 is 12.0 Å². The van der Waals surface area contributed by atoms with Gasteiger partial charge in [-0.1, -0.05) is 26.0 Å². The molecular formula is C14H21NO4. The first-order valence-corrected chi connectivity index (χ1v) is 6.28. The molecule has 1 rings (SSSR count). The molecule has 0 aromatic heterocycles. The van der Waals surface area contributed by atoms with Crippen LogP contribution in [0.3, 0.4) is 0 Å². The summed E-state index contributed by atoms with van der Waals surface area (Å²) in [6.45, 7) is 5.17. The van der Waals surface area contributed by atoms with Crippen molar-refractivity contribution in [3.63, 3.8) is 0 Å². The molecule has 0 heterocycles. The first-order chi connectivity index (χ1) is 9.10. The molecule has 1 aromatic rings. The van der Waals surface area contributed by atoms with E-state index in [9.17, 15) is 9.90 Å². The summed E-state index contributed by atoms with van der Waals surface area (Å²) in [6, 6.07) is 4.55. The molecular weight excluding hydrogens is 246 g/mol. The number of hydrogen-bond donors (Lipinski definition) is 1. The molecule has 0 amide bonds. The standard InChI is InChI=1S/C14H21NO4/c1-5-15(6-2)12(14(16)17)10-8-7-9-11(18-3)13(10)19-4/h7-9,12H,5-6H2,1-4H3,(H,16,17). The molecule has 0 aliphatic rings. The van der Waals surface area contributed by atoms with Crippen molar-refractivity contribution in [1.82, 2.24) is 4.90 Å². The zero-order chi connectivity index (χ0) is 14.4. The van der Waals surface area contributed by atoms with Crippen molar-refractivity contribution in [1.29, 1.82) is 0 Å². The van der Waals surface area contributed by atoms with Gasteiger partial charge in [-0.3, -0.25) is 9.69 Å². The highest BCUT2D eigenvalue weighted by molar-refractivity contribution is 5.77. The molecule has 106 valence electrons. The van der Waals surface area contributed by atoms with Crippen molar-refractivity contribution in [2.45, 2.75) is 19.9 Å². The normalized spacial score (nSPS) is 12.3. The van der Waals surface area contributed by atoms with Crippen LogP contribution in [-0.4, -0.2) is 43.3 Å². The maximum atomic E-state index is 11.6. The molecule has 5 nitrogen and oxygen atoms in total. The van der Waals surface area contributed by atoms with E-state index in [1.807, 2.05) is 18.7 Å². The van der Waals surface area contributed by atoms with Crippen LogP contribution in [0, 0.1) is 0 Å². The third-order valence-electron chi connectivity index (χ3n) is 3.14. The molecule has 0 aliphatic heterocycles. The number of para-hydroxylation sites is 1. The Balaban J connectivity index is 3.34. The average Bonchev–Trinajstić information content (AvgIpc) is 2.43. The maximum Gasteiger partial charge on any atom is 0.325 e. The summed E-state index contributed by atoms with van der Waals surface area (Å²) in [4.78, 5) is 13.4. The minimum absolute atomic E-state index is 0.476. The lowest BCUT2D eigenvalue weighted by atomic mass is 10.0. The van der Waals surface area contributed by atoms with E-state index in [1.54, 1.807) is 18.2 Å². The Labute approximate surface area is 113 Å². The van der Waals surface area contributed by atoms with Crippen molar-refractivity contribution in [2.24, 2.45) is 0 Å². The lowest BCUT2D eigenvalue weighted by Crippen LogP contribution is -2.34. The first kappa shape index (κ1) is 15.3. The minimum Gasteiger partial charge on any atom is -0.493 e. The average molecular weight is 267 g/mol. The van der Waals surface area contributed by atoms with E-state index in [1.165, 1.54) is 14.2 Å². The van der Waals surface area contributed by atoms with Crippen molar-refractivity contribution >= 4 is 5.97 Å². The van der Waals surface area contributed by atoms with Gasteiger partial charge in [0.1, 0.15) is 6.04 Å². The van der Waals surface area contributed by atoms with Crippen molar-refractivity contribution in [3.8, 4) is 11.5 Å². The van der Waals surface area contributed by atoms with Gasteiger partial charge >= 0.3 is 5.97 Å². The summed E-state index contributed by atoms with van der Waals surface area (Å²) >= 11 is 0. The highest BCUT2D eigenvalue weighted by Crippen LogP contribution is 2.36. The largest absolute Gasteiger partial charge is 0.493 e. The van der Waals surface area contributed by atoms with E-state index >= 15 is 0 Å². The van der Waals surface area contributed by atoms with E-state index in [0.717, 1.165) is 0 Å². The quantitative estimate of drug-likeness (QED) is 0.820. The SMILES string of the molecule is CCN(CC)C(C(=O)O)c1cccc(OC)c1OC. The molecule has 5 heteroatoms. The third-order valence-corrected chi connectivity index (χ3v) is 3.14. The van der Waals surface area contributed by atoms with Crippen molar-refractivity contribution in [2.75, 3.05) is 27.3 Å². The Morgan fingerprint density at radius 3 is 2.32 bits per heavy atom. The van der Waals surface area contributed by atoms with Gasteiger partial charge in [0.25, 0.3) is 0 Å². The topological polar surface area (TPSA) is 59.0 Å². The van der Waals surface area contributed by atoms with Gasteiger partial charge in [0.15, 0.2) is 11.5 Å². The van der Waals surface area contributed by atoms with Gasteiger partial charge in [0, 0.05) is 5.56 Å². The lowest BCUT2D eigenvalue weighted by molar-refractivity contribution is -0.143. The summed E-state index contributed by atoms with van der Waals surface area (Å²) in [7, 11) is 3.05. The van der Waals surface area contributed by atoms with Crippen LogP contribution in [0.5, 0.6) is 11.5 Å². The van der Waals surface area contributed by atoms with Crippen LogP contribution in [-0.2, 0) is 4.79 Å². The number of benzene rings is 1. The molecule has 1 atom stereocenters. The second-order valence-electron chi connectivity index (χ2n) is 4.04. The van der Waals surface area contributed by atoms with Gasteiger partial charge in [-0.15, -0.1) is 0 Å². The Morgan fingerprint density at radius 2 is 1.89 bits per heavy atom. The highest BCUT2D eigenvalue weighted by Gasteiger charge is 2.29. The first-order valence-electron chi connectivity index (χ1n) is 6.28. The van der Waals surface area contributed by atoms with Gasteiger partial charge in [0.2, 0.25) is 0 Å². The second kappa shape index (κ2) is 6.99. The monoisotopic (exact) mass is 267 g/mol. The molecule has 1 unspecified atom stereocenters. The predicted octanol–water partition coefficient (Wildman–Crippen LogP) is 2.17. The smallest absolute Gasteiger partial charge is 0.325 e. The minimum atomic E-state index is -0.893. The number of ether oxygens (including phenoxy) is 2. The van der Waals surface area contributed by atoms with Crippen LogP contribution in [0.15, 0.2) is 18.2 Å². The van der Waals surface area contributed by atoms with E-state index in [0.29, 0.717) is 30.2 Å². The van der Waals surface area contributed by atoms with E-state index in [-0.39, 0.29) is 0 Å². The molecule has 0 fully saturated rings. The number of nitrogens with zero attached hydrogens (tertiary/aromatic N) is 1. The Morgan fingerprint density at radius 1 is 1.26 bits per heavy atom. The predicted molar refractivity (Wildman–Crippen MR) is 72.8 cm³/mol. The fourth-order valence-electron chi connectivity index (χ4n) is 2.20. The van der Waals surface area contributed by atoms with Crippen molar-refractivity contribution in [3.05, 3.63) is 23.8 Å². The molecule has 1 aromatic carbocycles. The number of carbonyl (C=O) groups is 1. The summed E-state index contributed by atoms with van der Waals surface area (Å²) in [5.41, 5.74) is 0.609. The fourth-order valence-corrected chi connectivity index (χ4v) is 2.20. The maximum absolute atomic E-state index is 11.6. The van der Waals surface area contributed by atoms with Gasteiger partial charge in [-0.2, -0.15) is 0 Å². The summed E-state index contributed by atoms with van der Waals surface area (Å²) in [6.07, 6.45) is 0. The van der Waals surface area contributed by atoms with Gasteiger partial charge in [-0.25, -0.2) is 0 Å². The number of aliphatic carboxylic acids is 1. The van der Waals surface area contributed by atoms with E-state index in [2.05, 4.69) is 0 Å². The molecule has 0 aliphatic carbocycles. The zero-order valence-electron chi connectivity index (χ0n) is 11.8. The molecule has 0 bridgehead atoms. The van der Waals surface area contributed by atoms with Crippen LogP contribution >= 0.6 is 0 Å². The molecule has 1 N–H and O–H groups in total. The Hall–Kier alpha value is -1.75. The highest BCUT2D eigenvalue weighted by atomic mass is 16.5. The summed E-state index contributed by atoms with van der Waals surface area (Å²) < 4.78 is 10.5. The van der Waals surface area contributed by atoms with Crippen LogP contribution in [0.2, 0.25) is 0 Å². The van der Waals surface area contributed by atoms with Gasteiger partial charge in [0.05, 0.1) is 14.2 Å². The number of hydrogen-bond acceptors (Lipinski definition) is 4.